The van der Waals surface area contributed by atoms with E-state index in [9.17, 15) is 0 Å². The maximum atomic E-state index is 5.69. The zero-order chi connectivity index (χ0) is 12.4. The topological polar surface area (TPSA) is 64.3 Å². The molecule has 0 aliphatic heterocycles. The number of nitrogen functional groups attached to an aromatic ring is 1. The maximum absolute atomic E-state index is 5.69. The van der Waals surface area contributed by atoms with Crippen LogP contribution >= 0.6 is 0 Å². The number of rotatable bonds is 5. The predicted molar refractivity (Wildman–Crippen MR) is 68.2 cm³/mol. The van der Waals surface area contributed by atoms with Gasteiger partial charge in [0.05, 0.1) is 7.11 Å². The van der Waals surface area contributed by atoms with Crippen molar-refractivity contribution in [2.75, 3.05) is 24.3 Å². The summed E-state index contributed by atoms with van der Waals surface area (Å²) in [5, 5.41) is 0. The van der Waals surface area contributed by atoms with Crippen LogP contribution in [0.15, 0.2) is 6.07 Å². The largest absolute Gasteiger partial charge is 0.481 e. The molecule has 94 valence electrons. The van der Waals surface area contributed by atoms with Crippen molar-refractivity contribution in [1.82, 2.24) is 9.97 Å². The number of nitrogens with two attached hydrogens (primary N) is 1. The zero-order valence-electron chi connectivity index (χ0n) is 10.7. The van der Waals surface area contributed by atoms with Crippen LogP contribution in [0.1, 0.15) is 26.7 Å². The molecule has 17 heavy (non-hydrogen) atoms. The summed E-state index contributed by atoms with van der Waals surface area (Å²) in [6.07, 6.45) is 2.64. The Bertz CT molecular complexity index is 390. The molecule has 1 fully saturated rings. The lowest BCUT2D eigenvalue weighted by atomic mass is 10.2. The van der Waals surface area contributed by atoms with Gasteiger partial charge in [-0.2, -0.15) is 9.97 Å². The van der Waals surface area contributed by atoms with Gasteiger partial charge in [-0.3, -0.25) is 0 Å². The van der Waals surface area contributed by atoms with Crippen LogP contribution in [-0.4, -0.2) is 29.7 Å². The van der Waals surface area contributed by atoms with Gasteiger partial charge in [-0.1, -0.05) is 0 Å². The Balaban J connectivity index is 2.23. The van der Waals surface area contributed by atoms with Gasteiger partial charge in [-0.15, -0.1) is 0 Å². The lowest BCUT2D eigenvalue weighted by molar-refractivity contribution is 0.397. The number of anilines is 2. The monoisotopic (exact) mass is 236 g/mol. The summed E-state index contributed by atoms with van der Waals surface area (Å²) in [5.41, 5.74) is 5.69. The second-order valence-electron chi connectivity index (χ2n) is 4.82. The van der Waals surface area contributed by atoms with Crippen molar-refractivity contribution in [3.8, 4) is 5.88 Å². The Hall–Kier alpha value is -1.52. The molecular formula is C12H20N4O. The average molecular weight is 236 g/mol. The summed E-state index contributed by atoms with van der Waals surface area (Å²) in [6.45, 7) is 5.36. The molecule has 5 nitrogen and oxygen atoms in total. The third-order valence-electron chi connectivity index (χ3n) is 2.98. The minimum absolute atomic E-state index is 0.265. The minimum Gasteiger partial charge on any atom is -0.481 e. The van der Waals surface area contributed by atoms with Crippen molar-refractivity contribution >= 4 is 11.8 Å². The number of nitrogens with zero attached hydrogens (tertiary/aromatic N) is 3. The summed E-state index contributed by atoms with van der Waals surface area (Å²) in [4.78, 5) is 10.6. The SMILES string of the molecule is COc1cc(N(CC2CC2)C(C)C)nc(N)n1. The van der Waals surface area contributed by atoms with Crippen LogP contribution in [-0.2, 0) is 0 Å². The Kier molecular flexibility index (Phi) is 3.36. The molecule has 2 rings (SSSR count). The van der Waals surface area contributed by atoms with Crippen molar-refractivity contribution < 1.29 is 4.74 Å². The summed E-state index contributed by atoms with van der Waals surface area (Å²) >= 11 is 0. The van der Waals surface area contributed by atoms with E-state index in [4.69, 9.17) is 10.5 Å². The molecule has 1 aliphatic rings. The van der Waals surface area contributed by atoms with Gasteiger partial charge in [0.2, 0.25) is 11.8 Å². The van der Waals surface area contributed by atoms with Crippen molar-refractivity contribution in [2.45, 2.75) is 32.7 Å². The molecule has 2 N–H and O–H groups in total. The first-order chi connectivity index (χ1) is 8.10. The lowest BCUT2D eigenvalue weighted by Crippen LogP contribution is -2.33. The molecule has 0 atom stereocenters. The second-order valence-corrected chi connectivity index (χ2v) is 4.82. The van der Waals surface area contributed by atoms with Gasteiger partial charge in [0.25, 0.3) is 0 Å². The van der Waals surface area contributed by atoms with E-state index in [2.05, 4.69) is 28.7 Å². The molecule has 0 unspecified atom stereocenters. The molecule has 1 heterocycles. The summed E-state index contributed by atoms with van der Waals surface area (Å²) in [5.74, 6) is 2.45. The van der Waals surface area contributed by atoms with Crippen LogP contribution in [0.3, 0.4) is 0 Å². The molecule has 0 spiro atoms. The van der Waals surface area contributed by atoms with Crippen molar-refractivity contribution in [2.24, 2.45) is 5.92 Å². The van der Waals surface area contributed by atoms with Gasteiger partial charge < -0.3 is 15.4 Å². The molecule has 1 aromatic rings. The van der Waals surface area contributed by atoms with Crippen molar-refractivity contribution in [3.05, 3.63) is 6.07 Å². The van der Waals surface area contributed by atoms with Gasteiger partial charge in [0.1, 0.15) is 5.82 Å². The van der Waals surface area contributed by atoms with Crippen LogP contribution in [0, 0.1) is 5.92 Å². The Morgan fingerprint density at radius 1 is 1.47 bits per heavy atom. The third kappa shape index (κ3) is 2.99. The fourth-order valence-electron chi connectivity index (χ4n) is 1.83. The first-order valence-electron chi connectivity index (χ1n) is 6.05. The van der Waals surface area contributed by atoms with Crippen molar-refractivity contribution in [3.63, 3.8) is 0 Å². The molecule has 0 radical (unpaired) electrons. The smallest absolute Gasteiger partial charge is 0.225 e. The van der Waals surface area contributed by atoms with E-state index in [-0.39, 0.29) is 5.95 Å². The summed E-state index contributed by atoms with van der Waals surface area (Å²) < 4.78 is 5.13. The van der Waals surface area contributed by atoms with Crippen LogP contribution in [0.2, 0.25) is 0 Å². The molecule has 0 aromatic carbocycles. The Morgan fingerprint density at radius 3 is 2.71 bits per heavy atom. The first-order valence-corrected chi connectivity index (χ1v) is 6.05. The van der Waals surface area contributed by atoms with Crippen LogP contribution in [0.25, 0.3) is 0 Å². The number of hydrogen-bond donors (Lipinski definition) is 1. The van der Waals surface area contributed by atoms with Crippen LogP contribution in [0.4, 0.5) is 11.8 Å². The highest BCUT2D eigenvalue weighted by Crippen LogP contribution is 2.32. The predicted octanol–water partition coefficient (Wildman–Crippen LogP) is 1.69. The maximum Gasteiger partial charge on any atom is 0.225 e. The van der Waals surface area contributed by atoms with E-state index in [0.29, 0.717) is 11.9 Å². The third-order valence-corrected chi connectivity index (χ3v) is 2.98. The Labute approximate surface area is 102 Å². The molecule has 1 saturated carbocycles. The zero-order valence-corrected chi connectivity index (χ0v) is 10.7. The standard InChI is InChI=1S/C12H20N4O/c1-8(2)16(7-9-4-5-9)10-6-11(17-3)15-12(13)14-10/h6,8-9H,4-5,7H2,1-3H3,(H2,13,14,15). The molecular weight excluding hydrogens is 216 g/mol. The summed E-state index contributed by atoms with van der Waals surface area (Å²) in [7, 11) is 1.59. The fraction of sp³-hybridized carbons (Fsp3) is 0.667. The highest BCUT2D eigenvalue weighted by Gasteiger charge is 2.26. The van der Waals surface area contributed by atoms with Gasteiger partial charge in [0, 0.05) is 18.7 Å². The van der Waals surface area contributed by atoms with Crippen LogP contribution < -0.4 is 15.4 Å². The van der Waals surface area contributed by atoms with E-state index in [1.807, 2.05) is 6.07 Å². The molecule has 0 amide bonds. The van der Waals surface area contributed by atoms with Crippen LogP contribution in [0.5, 0.6) is 5.88 Å². The molecule has 5 heteroatoms. The average Bonchev–Trinajstić information content (AvgIpc) is 3.08. The Morgan fingerprint density at radius 2 is 2.18 bits per heavy atom. The molecule has 0 bridgehead atoms. The van der Waals surface area contributed by atoms with E-state index in [0.717, 1.165) is 18.3 Å². The van der Waals surface area contributed by atoms with Gasteiger partial charge >= 0.3 is 0 Å². The number of ether oxygens (including phenoxy) is 1. The second kappa shape index (κ2) is 4.77. The highest BCUT2D eigenvalue weighted by atomic mass is 16.5. The molecule has 0 saturated heterocycles. The molecule has 1 aliphatic carbocycles. The number of aromatic nitrogens is 2. The van der Waals surface area contributed by atoms with E-state index in [1.165, 1.54) is 12.8 Å². The van der Waals surface area contributed by atoms with Gasteiger partial charge in [0.15, 0.2) is 0 Å². The molecule has 1 aromatic heterocycles. The van der Waals surface area contributed by atoms with E-state index >= 15 is 0 Å². The number of methoxy groups -OCH3 is 1. The minimum atomic E-state index is 0.265. The van der Waals surface area contributed by atoms with Gasteiger partial charge in [-0.25, -0.2) is 0 Å². The highest BCUT2D eigenvalue weighted by molar-refractivity contribution is 5.46. The lowest BCUT2D eigenvalue weighted by Gasteiger charge is -2.28. The quantitative estimate of drug-likeness (QED) is 0.842. The number of hydrogen-bond acceptors (Lipinski definition) is 5. The normalized spacial score (nSPS) is 15.1. The van der Waals surface area contributed by atoms with Gasteiger partial charge in [-0.05, 0) is 32.6 Å². The van der Waals surface area contributed by atoms with E-state index in [1.54, 1.807) is 7.11 Å². The van der Waals surface area contributed by atoms with Crippen molar-refractivity contribution in [1.29, 1.82) is 0 Å². The fourth-order valence-corrected chi connectivity index (χ4v) is 1.83. The summed E-state index contributed by atoms with van der Waals surface area (Å²) in [6, 6.07) is 2.24. The van der Waals surface area contributed by atoms with E-state index < -0.39 is 0 Å². The first kappa shape index (κ1) is 12.0.